The van der Waals surface area contributed by atoms with Crippen molar-refractivity contribution in [1.29, 1.82) is 0 Å². The number of ether oxygens (including phenoxy) is 2. The molecule has 0 fully saturated rings. The van der Waals surface area contributed by atoms with Gasteiger partial charge in [0.15, 0.2) is 0 Å². The Morgan fingerprint density at radius 1 is 0.838 bits per heavy atom. The molecule has 6 heteroatoms. The van der Waals surface area contributed by atoms with E-state index < -0.39 is 6.04 Å². The zero-order valence-corrected chi connectivity index (χ0v) is 22.1. The lowest BCUT2D eigenvalue weighted by Gasteiger charge is -2.32. The van der Waals surface area contributed by atoms with E-state index >= 15 is 0 Å². The number of amides is 2. The maximum atomic E-state index is 13.7. The minimum atomic E-state index is -0.660. The fourth-order valence-corrected chi connectivity index (χ4v) is 4.07. The van der Waals surface area contributed by atoms with Crippen molar-refractivity contribution in [3.05, 3.63) is 102 Å². The lowest BCUT2D eigenvalue weighted by Crippen LogP contribution is -2.51. The second-order valence-electron chi connectivity index (χ2n) is 9.30. The van der Waals surface area contributed by atoms with Crippen LogP contribution in [0.25, 0.3) is 0 Å². The summed E-state index contributed by atoms with van der Waals surface area (Å²) in [4.78, 5) is 29.0. The Balaban J connectivity index is 1.85. The zero-order chi connectivity index (χ0) is 26.5. The minimum Gasteiger partial charge on any atom is -0.497 e. The van der Waals surface area contributed by atoms with Gasteiger partial charge in [-0.05, 0) is 49.1 Å². The van der Waals surface area contributed by atoms with E-state index in [9.17, 15) is 9.59 Å². The Hall–Kier alpha value is -3.64. The van der Waals surface area contributed by atoms with E-state index in [4.69, 9.17) is 9.47 Å². The Bertz CT molecular complexity index is 1090. The first-order chi connectivity index (χ1) is 18.0. The van der Waals surface area contributed by atoms with Crippen LogP contribution >= 0.6 is 0 Å². The first kappa shape index (κ1) is 27.9. The molecule has 3 rings (SSSR count). The smallest absolute Gasteiger partial charge is 0.243 e. The van der Waals surface area contributed by atoms with Crippen LogP contribution in [0.1, 0.15) is 37.0 Å². The normalized spacial score (nSPS) is 11.7. The highest BCUT2D eigenvalue weighted by Crippen LogP contribution is 2.18. The summed E-state index contributed by atoms with van der Waals surface area (Å²) in [7, 11) is 1.62. The minimum absolute atomic E-state index is 0.0961. The van der Waals surface area contributed by atoms with Crippen LogP contribution in [0.4, 0.5) is 0 Å². The number of hydrogen-bond acceptors (Lipinski definition) is 4. The predicted octanol–water partition coefficient (Wildman–Crippen LogP) is 4.81. The number of nitrogens with one attached hydrogen (secondary N) is 1. The average molecular weight is 503 g/mol. The van der Waals surface area contributed by atoms with Gasteiger partial charge < -0.3 is 19.7 Å². The van der Waals surface area contributed by atoms with Crippen LogP contribution in [0.2, 0.25) is 0 Å². The van der Waals surface area contributed by atoms with Crippen LogP contribution in [0.3, 0.4) is 0 Å². The first-order valence-corrected chi connectivity index (χ1v) is 12.9. The number of carbonyl (C=O) groups excluding carboxylic acids is 2. The van der Waals surface area contributed by atoms with Crippen molar-refractivity contribution >= 4 is 11.8 Å². The molecule has 0 unspecified atom stereocenters. The summed E-state index contributed by atoms with van der Waals surface area (Å²) in [5.74, 6) is 0.484. The number of hydrogen-bond donors (Lipinski definition) is 1. The summed E-state index contributed by atoms with van der Waals surface area (Å²) in [5.41, 5.74) is 2.84. The summed E-state index contributed by atoms with van der Waals surface area (Å²) in [6, 6.07) is 26.4. The number of methoxy groups -OCH3 is 1. The van der Waals surface area contributed by atoms with E-state index in [1.165, 1.54) is 0 Å². The lowest BCUT2D eigenvalue weighted by molar-refractivity contribution is -0.140. The van der Waals surface area contributed by atoms with Gasteiger partial charge in [-0.25, -0.2) is 0 Å². The fourth-order valence-electron chi connectivity index (χ4n) is 4.07. The quantitative estimate of drug-likeness (QED) is 0.321. The molecule has 196 valence electrons. The Morgan fingerprint density at radius 3 is 2.05 bits per heavy atom. The highest BCUT2D eigenvalue weighted by molar-refractivity contribution is 5.88. The largest absolute Gasteiger partial charge is 0.497 e. The molecular weight excluding hydrogens is 464 g/mol. The predicted molar refractivity (Wildman–Crippen MR) is 146 cm³/mol. The van der Waals surface area contributed by atoms with Gasteiger partial charge in [-0.15, -0.1) is 0 Å². The molecule has 6 nitrogen and oxygen atoms in total. The molecule has 0 bridgehead atoms. The van der Waals surface area contributed by atoms with Gasteiger partial charge >= 0.3 is 0 Å². The topological polar surface area (TPSA) is 67.9 Å². The van der Waals surface area contributed by atoms with Crippen molar-refractivity contribution in [3.63, 3.8) is 0 Å². The monoisotopic (exact) mass is 502 g/mol. The fraction of sp³-hybridized carbons (Fsp3) is 0.355. The van der Waals surface area contributed by atoms with E-state index in [2.05, 4.69) is 5.32 Å². The lowest BCUT2D eigenvalue weighted by atomic mass is 10.0. The van der Waals surface area contributed by atoms with Crippen molar-refractivity contribution in [2.75, 3.05) is 20.3 Å². The third-order valence-electron chi connectivity index (χ3n) is 6.05. The van der Waals surface area contributed by atoms with Gasteiger partial charge in [0.2, 0.25) is 11.8 Å². The van der Waals surface area contributed by atoms with Gasteiger partial charge in [-0.3, -0.25) is 9.59 Å². The third kappa shape index (κ3) is 9.39. The average Bonchev–Trinajstić information content (AvgIpc) is 2.91. The summed E-state index contributed by atoms with van der Waals surface area (Å²) in [6.45, 7) is 5.36. The van der Waals surface area contributed by atoms with E-state index in [0.29, 0.717) is 32.5 Å². The van der Waals surface area contributed by atoms with E-state index in [0.717, 1.165) is 22.4 Å². The summed E-state index contributed by atoms with van der Waals surface area (Å²) in [5, 5.41) is 3.05. The molecule has 0 aliphatic carbocycles. The second kappa shape index (κ2) is 14.8. The Morgan fingerprint density at radius 2 is 1.46 bits per heavy atom. The number of benzene rings is 3. The molecule has 0 aromatic heterocycles. The molecule has 2 amide bonds. The van der Waals surface area contributed by atoms with Crippen molar-refractivity contribution in [2.45, 2.75) is 51.8 Å². The van der Waals surface area contributed by atoms with Gasteiger partial charge in [-0.2, -0.15) is 0 Å². The number of carbonyl (C=O) groups is 2. The summed E-state index contributed by atoms with van der Waals surface area (Å²) in [6.07, 6.45) is 1.50. The molecule has 1 atom stereocenters. The Labute approximate surface area is 220 Å². The van der Waals surface area contributed by atoms with E-state index in [-0.39, 0.29) is 24.3 Å². The van der Waals surface area contributed by atoms with Crippen LogP contribution < -0.4 is 10.1 Å². The number of rotatable bonds is 14. The van der Waals surface area contributed by atoms with Gasteiger partial charge in [0.05, 0.1) is 19.6 Å². The van der Waals surface area contributed by atoms with Crippen LogP contribution in [-0.2, 0) is 33.7 Å². The summed E-state index contributed by atoms with van der Waals surface area (Å²) < 4.78 is 10.9. The molecule has 0 aliphatic heterocycles. The standard InChI is InChI=1S/C31H38N2O4/c1-24(2)37-20-10-19-32-31(35)29(21-25-11-6-4-7-12-25)33(23-27-15-17-28(36-3)18-16-27)30(34)22-26-13-8-5-9-14-26/h4-9,11-18,24,29H,10,19-23H2,1-3H3,(H,32,35)/t29-/m0/s1. The highest BCUT2D eigenvalue weighted by atomic mass is 16.5. The third-order valence-corrected chi connectivity index (χ3v) is 6.05. The molecule has 0 heterocycles. The molecule has 0 radical (unpaired) electrons. The molecule has 3 aromatic rings. The van der Waals surface area contributed by atoms with Crippen molar-refractivity contribution < 1.29 is 19.1 Å². The zero-order valence-electron chi connectivity index (χ0n) is 22.1. The first-order valence-electron chi connectivity index (χ1n) is 12.9. The molecule has 1 N–H and O–H groups in total. The van der Waals surface area contributed by atoms with Gasteiger partial charge in [0, 0.05) is 26.1 Å². The van der Waals surface area contributed by atoms with Crippen molar-refractivity contribution in [2.24, 2.45) is 0 Å². The SMILES string of the molecule is COc1ccc(CN(C(=O)Cc2ccccc2)[C@@H](Cc2ccccc2)C(=O)NCCCOC(C)C)cc1. The number of nitrogens with zero attached hydrogens (tertiary/aromatic N) is 1. The Kier molecular flexibility index (Phi) is 11.2. The maximum absolute atomic E-state index is 13.7. The molecule has 0 saturated heterocycles. The van der Waals surface area contributed by atoms with Gasteiger partial charge in [0.1, 0.15) is 11.8 Å². The summed E-state index contributed by atoms with van der Waals surface area (Å²) >= 11 is 0. The van der Waals surface area contributed by atoms with Crippen molar-refractivity contribution in [1.82, 2.24) is 10.2 Å². The van der Waals surface area contributed by atoms with Gasteiger partial charge in [0.25, 0.3) is 0 Å². The molecule has 3 aromatic carbocycles. The molecule has 0 spiro atoms. The van der Waals surface area contributed by atoms with Gasteiger partial charge in [-0.1, -0.05) is 72.8 Å². The van der Waals surface area contributed by atoms with E-state index in [1.54, 1.807) is 12.0 Å². The van der Waals surface area contributed by atoms with Crippen molar-refractivity contribution in [3.8, 4) is 5.75 Å². The maximum Gasteiger partial charge on any atom is 0.243 e. The van der Waals surface area contributed by atoms with Crippen LogP contribution in [0, 0.1) is 0 Å². The van der Waals surface area contributed by atoms with Crippen LogP contribution in [0.5, 0.6) is 5.75 Å². The second-order valence-corrected chi connectivity index (χ2v) is 9.30. The molecule has 0 aliphatic rings. The van der Waals surface area contributed by atoms with Crippen LogP contribution in [-0.4, -0.2) is 49.1 Å². The van der Waals surface area contributed by atoms with E-state index in [1.807, 2.05) is 98.8 Å². The molecule has 0 saturated carbocycles. The molecular formula is C31H38N2O4. The molecule has 37 heavy (non-hydrogen) atoms. The van der Waals surface area contributed by atoms with Crippen LogP contribution in [0.15, 0.2) is 84.9 Å². The highest BCUT2D eigenvalue weighted by Gasteiger charge is 2.30.